The summed E-state index contributed by atoms with van der Waals surface area (Å²) in [5.41, 5.74) is 2.36. The summed E-state index contributed by atoms with van der Waals surface area (Å²) in [5, 5.41) is 2.94. The molecular weight excluding hydrogens is 416 g/mol. The SMILES string of the molecule is CC(C)(C)OC(=O)N(CCCNC(=O)Cc1ccc(-n2cccc2)cc1)Cc1cccnc1. The summed E-state index contributed by atoms with van der Waals surface area (Å²) in [5.74, 6) is -0.0419. The van der Waals surface area contributed by atoms with Crippen LogP contribution in [0.25, 0.3) is 5.69 Å². The molecule has 0 aliphatic heterocycles. The third-order valence-electron chi connectivity index (χ3n) is 4.88. The molecule has 1 N–H and O–H groups in total. The van der Waals surface area contributed by atoms with Crippen molar-refractivity contribution in [1.82, 2.24) is 19.8 Å². The van der Waals surface area contributed by atoms with Crippen LogP contribution in [-0.4, -0.2) is 45.1 Å². The van der Waals surface area contributed by atoms with E-state index in [-0.39, 0.29) is 12.0 Å². The first-order chi connectivity index (χ1) is 15.8. The van der Waals surface area contributed by atoms with E-state index in [9.17, 15) is 9.59 Å². The molecule has 0 aliphatic rings. The van der Waals surface area contributed by atoms with Crippen LogP contribution in [0.3, 0.4) is 0 Å². The number of carbonyl (C=O) groups excluding carboxylic acids is 2. The molecule has 0 fully saturated rings. The van der Waals surface area contributed by atoms with E-state index in [2.05, 4.69) is 10.3 Å². The second kappa shape index (κ2) is 11.3. The van der Waals surface area contributed by atoms with Gasteiger partial charge in [-0.1, -0.05) is 18.2 Å². The van der Waals surface area contributed by atoms with Gasteiger partial charge in [-0.3, -0.25) is 9.78 Å². The van der Waals surface area contributed by atoms with Crippen molar-refractivity contribution in [2.24, 2.45) is 0 Å². The molecule has 0 saturated heterocycles. The van der Waals surface area contributed by atoms with Gasteiger partial charge in [-0.05, 0) is 68.7 Å². The molecule has 0 radical (unpaired) electrons. The quantitative estimate of drug-likeness (QED) is 0.494. The Bertz CT molecular complexity index is 1010. The molecule has 7 heteroatoms. The van der Waals surface area contributed by atoms with Gasteiger partial charge in [-0.25, -0.2) is 4.79 Å². The van der Waals surface area contributed by atoms with E-state index in [0.717, 1.165) is 16.8 Å². The summed E-state index contributed by atoms with van der Waals surface area (Å²) in [6.45, 7) is 6.89. The van der Waals surface area contributed by atoms with Gasteiger partial charge in [-0.15, -0.1) is 0 Å². The molecule has 0 atom stereocenters. The Labute approximate surface area is 195 Å². The molecule has 3 aromatic rings. The number of rotatable bonds is 9. The zero-order chi connectivity index (χ0) is 23.7. The summed E-state index contributed by atoms with van der Waals surface area (Å²) in [7, 11) is 0. The second-order valence-corrected chi connectivity index (χ2v) is 8.90. The molecule has 2 amide bonds. The lowest BCUT2D eigenvalue weighted by Crippen LogP contribution is -2.38. The van der Waals surface area contributed by atoms with Crippen LogP contribution in [0.4, 0.5) is 4.79 Å². The molecule has 0 spiro atoms. The van der Waals surface area contributed by atoms with Gasteiger partial charge in [0.1, 0.15) is 5.60 Å². The molecule has 33 heavy (non-hydrogen) atoms. The Balaban J connectivity index is 1.46. The highest BCUT2D eigenvalue weighted by atomic mass is 16.6. The molecule has 1 aromatic carbocycles. The highest BCUT2D eigenvalue weighted by molar-refractivity contribution is 5.78. The lowest BCUT2D eigenvalue weighted by atomic mass is 10.1. The molecule has 3 rings (SSSR count). The van der Waals surface area contributed by atoms with Crippen LogP contribution in [-0.2, 0) is 22.5 Å². The normalized spacial score (nSPS) is 11.1. The van der Waals surface area contributed by atoms with Crippen LogP contribution in [0, 0.1) is 0 Å². The van der Waals surface area contributed by atoms with Crippen LogP contribution in [0.15, 0.2) is 73.3 Å². The Morgan fingerprint density at radius 3 is 2.39 bits per heavy atom. The molecule has 2 heterocycles. The molecule has 0 aliphatic carbocycles. The lowest BCUT2D eigenvalue weighted by molar-refractivity contribution is -0.120. The number of hydrogen-bond acceptors (Lipinski definition) is 4. The zero-order valence-electron chi connectivity index (χ0n) is 19.5. The van der Waals surface area contributed by atoms with Gasteiger partial charge >= 0.3 is 6.09 Å². The van der Waals surface area contributed by atoms with Gasteiger partial charge in [-0.2, -0.15) is 0 Å². The first kappa shape index (κ1) is 24.0. The lowest BCUT2D eigenvalue weighted by Gasteiger charge is -2.27. The van der Waals surface area contributed by atoms with E-state index in [4.69, 9.17) is 4.74 Å². The summed E-state index contributed by atoms with van der Waals surface area (Å²) in [6.07, 6.45) is 7.97. The molecule has 7 nitrogen and oxygen atoms in total. The van der Waals surface area contributed by atoms with Crippen LogP contribution in [0.1, 0.15) is 38.3 Å². The summed E-state index contributed by atoms with van der Waals surface area (Å²) in [4.78, 5) is 30.8. The number of nitrogens with zero attached hydrogens (tertiary/aromatic N) is 3. The smallest absolute Gasteiger partial charge is 0.410 e. The Morgan fingerprint density at radius 1 is 1.03 bits per heavy atom. The van der Waals surface area contributed by atoms with Crippen LogP contribution in [0.5, 0.6) is 0 Å². The predicted octanol–water partition coefficient (Wildman–Crippen LogP) is 4.36. The number of hydrogen-bond donors (Lipinski definition) is 1. The molecular formula is C26H32N4O3. The Hall–Kier alpha value is -3.61. The molecule has 0 saturated carbocycles. The zero-order valence-corrected chi connectivity index (χ0v) is 19.5. The fraction of sp³-hybridized carbons (Fsp3) is 0.346. The maximum atomic E-state index is 12.6. The molecule has 2 aromatic heterocycles. The summed E-state index contributed by atoms with van der Waals surface area (Å²) in [6, 6.07) is 15.6. The topological polar surface area (TPSA) is 76.5 Å². The average molecular weight is 449 g/mol. The van der Waals surface area contributed by atoms with Gasteiger partial charge in [0.05, 0.1) is 13.0 Å². The van der Waals surface area contributed by atoms with E-state index in [1.54, 1.807) is 17.3 Å². The van der Waals surface area contributed by atoms with E-state index in [0.29, 0.717) is 32.5 Å². The number of nitrogens with one attached hydrogen (secondary N) is 1. The molecule has 0 unspecified atom stereocenters. The van der Waals surface area contributed by atoms with Crippen molar-refractivity contribution in [3.8, 4) is 5.69 Å². The van der Waals surface area contributed by atoms with Crippen molar-refractivity contribution >= 4 is 12.0 Å². The number of amides is 2. The Morgan fingerprint density at radius 2 is 1.76 bits per heavy atom. The van der Waals surface area contributed by atoms with Crippen LogP contribution < -0.4 is 5.32 Å². The van der Waals surface area contributed by atoms with Gasteiger partial charge < -0.3 is 19.5 Å². The third kappa shape index (κ3) is 8.11. The standard InChI is InChI=1S/C26H32N4O3/c1-26(2,3)33-25(32)30(20-22-8-6-13-27-19-22)17-7-14-28-24(31)18-21-9-11-23(12-10-21)29-15-4-5-16-29/h4-6,8-13,15-16,19H,7,14,17-18,20H2,1-3H3,(H,28,31). The van der Waals surface area contributed by atoms with Crippen molar-refractivity contribution in [2.75, 3.05) is 13.1 Å². The monoisotopic (exact) mass is 448 g/mol. The molecule has 0 bridgehead atoms. The van der Waals surface area contributed by atoms with E-state index in [1.807, 2.05) is 86.3 Å². The fourth-order valence-corrected chi connectivity index (χ4v) is 3.31. The van der Waals surface area contributed by atoms with Gasteiger partial charge in [0.25, 0.3) is 0 Å². The van der Waals surface area contributed by atoms with Crippen molar-refractivity contribution in [3.63, 3.8) is 0 Å². The van der Waals surface area contributed by atoms with E-state index < -0.39 is 5.60 Å². The maximum absolute atomic E-state index is 12.6. The highest BCUT2D eigenvalue weighted by Gasteiger charge is 2.22. The number of pyridine rings is 1. The van der Waals surface area contributed by atoms with Gasteiger partial charge in [0.2, 0.25) is 5.91 Å². The summed E-state index contributed by atoms with van der Waals surface area (Å²) < 4.78 is 7.56. The van der Waals surface area contributed by atoms with Crippen molar-refractivity contribution in [1.29, 1.82) is 0 Å². The predicted molar refractivity (Wildman–Crippen MR) is 128 cm³/mol. The van der Waals surface area contributed by atoms with E-state index >= 15 is 0 Å². The van der Waals surface area contributed by atoms with Crippen molar-refractivity contribution in [3.05, 3.63) is 84.4 Å². The van der Waals surface area contributed by atoms with Gasteiger partial charge in [0.15, 0.2) is 0 Å². The number of aromatic nitrogens is 2. The maximum Gasteiger partial charge on any atom is 0.410 e. The highest BCUT2D eigenvalue weighted by Crippen LogP contribution is 2.13. The molecule has 174 valence electrons. The second-order valence-electron chi connectivity index (χ2n) is 8.90. The van der Waals surface area contributed by atoms with E-state index in [1.165, 1.54) is 0 Å². The van der Waals surface area contributed by atoms with Crippen molar-refractivity contribution in [2.45, 2.75) is 45.8 Å². The number of ether oxygens (including phenoxy) is 1. The van der Waals surface area contributed by atoms with Crippen LogP contribution in [0.2, 0.25) is 0 Å². The first-order valence-electron chi connectivity index (χ1n) is 11.2. The summed E-state index contributed by atoms with van der Waals surface area (Å²) >= 11 is 0. The van der Waals surface area contributed by atoms with Crippen LogP contribution >= 0.6 is 0 Å². The van der Waals surface area contributed by atoms with Crippen molar-refractivity contribution < 1.29 is 14.3 Å². The third-order valence-corrected chi connectivity index (χ3v) is 4.88. The number of benzene rings is 1. The van der Waals surface area contributed by atoms with Gasteiger partial charge in [0, 0.05) is 43.6 Å². The fourth-order valence-electron chi connectivity index (χ4n) is 3.31. The first-order valence-corrected chi connectivity index (χ1v) is 11.2. The average Bonchev–Trinajstić information content (AvgIpc) is 3.31. The number of carbonyl (C=O) groups is 2. The largest absolute Gasteiger partial charge is 0.444 e. The Kier molecular flexibility index (Phi) is 8.24. The minimum absolute atomic E-state index is 0.0419. The minimum Gasteiger partial charge on any atom is -0.444 e. The minimum atomic E-state index is -0.574.